The Labute approximate surface area is 172 Å². The van der Waals surface area contributed by atoms with Crippen molar-refractivity contribution in [2.24, 2.45) is 10.9 Å². The standard InChI is InChI=1S/C19H31N3OS.HI/c1-3-20-19(22-18-11-9-16(2)10-12-18)21-13-14-24(23)15-17-7-5-4-6-8-17;/h4-8,16,18H,3,9-15H2,1-2H3,(H2,20,21,22);1H. The Balaban J connectivity index is 0.00000312. The first kappa shape index (κ1) is 22.4. The first-order valence-electron chi connectivity index (χ1n) is 9.11. The number of aliphatic imine (C=N–C) groups is 1. The minimum absolute atomic E-state index is 0. The van der Waals surface area contributed by atoms with Gasteiger partial charge in [-0.3, -0.25) is 9.20 Å². The summed E-state index contributed by atoms with van der Waals surface area (Å²) in [6.07, 6.45) is 5.01. The van der Waals surface area contributed by atoms with Crippen LogP contribution in [0.4, 0.5) is 0 Å². The Hall–Kier alpha value is -0.630. The van der Waals surface area contributed by atoms with Crippen LogP contribution in [0, 0.1) is 5.92 Å². The van der Waals surface area contributed by atoms with Gasteiger partial charge in [0, 0.05) is 34.9 Å². The molecule has 1 atom stereocenters. The lowest BCUT2D eigenvalue weighted by Gasteiger charge is -2.28. The number of rotatable bonds is 7. The molecule has 0 saturated heterocycles. The van der Waals surface area contributed by atoms with Crippen LogP contribution in [0.3, 0.4) is 0 Å². The van der Waals surface area contributed by atoms with Gasteiger partial charge in [0.1, 0.15) is 0 Å². The molecule has 1 aromatic carbocycles. The van der Waals surface area contributed by atoms with Gasteiger partial charge in [-0.1, -0.05) is 37.3 Å². The van der Waals surface area contributed by atoms with Gasteiger partial charge in [-0.25, -0.2) is 0 Å². The van der Waals surface area contributed by atoms with E-state index in [1.165, 1.54) is 25.7 Å². The third-order valence-electron chi connectivity index (χ3n) is 4.46. The third kappa shape index (κ3) is 9.03. The smallest absolute Gasteiger partial charge is 0.191 e. The van der Waals surface area contributed by atoms with Crippen LogP contribution in [-0.4, -0.2) is 35.1 Å². The SMILES string of the molecule is CCNC(=NCCS(=O)Cc1ccccc1)NC1CCC(C)CC1.I. The molecule has 0 heterocycles. The zero-order valence-corrected chi connectivity index (χ0v) is 18.5. The summed E-state index contributed by atoms with van der Waals surface area (Å²) in [5, 5.41) is 6.85. The predicted octanol–water partition coefficient (Wildman–Crippen LogP) is 3.69. The molecule has 1 aliphatic carbocycles. The van der Waals surface area contributed by atoms with E-state index < -0.39 is 10.8 Å². The van der Waals surface area contributed by atoms with Crippen LogP contribution in [0.15, 0.2) is 35.3 Å². The molecule has 0 aliphatic heterocycles. The summed E-state index contributed by atoms with van der Waals surface area (Å²) in [7, 11) is -0.865. The lowest BCUT2D eigenvalue weighted by atomic mass is 9.87. The van der Waals surface area contributed by atoms with Crippen LogP contribution in [0.1, 0.15) is 45.1 Å². The van der Waals surface area contributed by atoms with E-state index in [-0.39, 0.29) is 24.0 Å². The lowest BCUT2D eigenvalue weighted by Crippen LogP contribution is -2.44. The topological polar surface area (TPSA) is 53.5 Å². The van der Waals surface area contributed by atoms with Crippen LogP contribution < -0.4 is 10.6 Å². The van der Waals surface area contributed by atoms with E-state index >= 15 is 0 Å². The van der Waals surface area contributed by atoms with Crippen LogP contribution in [0.5, 0.6) is 0 Å². The fourth-order valence-electron chi connectivity index (χ4n) is 3.01. The van der Waals surface area contributed by atoms with Crippen molar-refractivity contribution in [2.45, 2.75) is 51.3 Å². The van der Waals surface area contributed by atoms with Crippen molar-refractivity contribution in [1.29, 1.82) is 0 Å². The maximum Gasteiger partial charge on any atom is 0.191 e. The van der Waals surface area contributed by atoms with E-state index in [2.05, 4.69) is 29.5 Å². The van der Waals surface area contributed by atoms with Gasteiger partial charge < -0.3 is 10.6 Å². The summed E-state index contributed by atoms with van der Waals surface area (Å²) in [5.41, 5.74) is 1.13. The van der Waals surface area contributed by atoms with Crippen LogP contribution in [0.2, 0.25) is 0 Å². The summed E-state index contributed by atoms with van der Waals surface area (Å²) in [4.78, 5) is 4.61. The number of hydrogen-bond donors (Lipinski definition) is 2. The van der Waals surface area contributed by atoms with Crippen molar-refractivity contribution in [2.75, 3.05) is 18.8 Å². The molecule has 0 radical (unpaired) electrons. The molecular formula is C19H32IN3OS. The van der Waals surface area contributed by atoms with Crippen LogP contribution in [0.25, 0.3) is 0 Å². The van der Waals surface area contributed by atoms with Crippen molar-refractivity contribution >= 4 is 40.7 Å². The van der Waals surface area contributed by atoms with E-state index in [4.69, 9.17) is 0 Å². The number of nitrogens with one attached hydrogen (secondary N) is 2. The average Bonchev–Trinajstić information content (AvgIpc) is 2.58. The van der Waals surface area contributed by atoms with Gasteiger partial charge in [-0.2, -0.15) is 0 Å². The summed E-state index contributed by atoms with van der Waals surface area (Å²) in [5.74, 6) is 2.94. The molecule has 4 nitrogen and oxygen atoms in total. The highest BCUT2D eigenvalue weighted by atomic mass is 127. The second-order valence-corrected chi connectivity index (χ2v) is 8.21. The van der Waals surface area contributed by atoms with Gasteiger partial charge >= 0.3 is 0 Å². The Morgan fingerprint density at radius 2 is 1.88 bits per heavy atom. The van der Waals surface area contributed by atoms with E-state index in [9.17, 15) is 4.21 Å². The van der Waals surface area contributed by atoms with Gasteiger partial charge in [-0.05, 0) is 44.1 Å². The lowest BCUT2D eigenvalue weighted by molar-refractivity contribution is 0.329. The summed E-state index contributed by atoms with van der Waals surface area (Å²) in [6, 6.07) is 10.5. The second-order valence-electron chi connectivity index (χ2n) is 6.64. The van der Waals surface area contributed by atoms with Crippen LogP contribution >= 0.6 is 24.0 Å². The summed E-state index contributed by atoms with van der Waals surface area (Å²) >= 11 is 0. The maximum absolute atomic E-state index is 12.2. The molecule has 0 spiro atoms. The molecule has 2 rings (SSSR count). The van der Waals surface area contributed by atoms with Crippen molar-refractivity contribution in [3.63, 3.8) is 0 Å². The first-order valence-corrected chi connectivity index (χ1v) is 10.6. The molecule has 1 unspecified atom stereocenters. The minimum atomic E-state index is -0.865. The zero-order chi connectivity index (χ0) is 17.2. The quantitative estimate of drug-likeness (QED) is 0.358. The second kappa shape index (κ2) is 12.7. The predicted molar refractivity (Wildman–Crippen MR) is 119 cm³/mol. The van der Waals surface area contributed by atoms with Crippen molar-refractivity contribution in [3.05, 3.63) is 35.9 Å². The largest absolute Gasteiger partial charge is 0.357 e. The fourth-order valence-corrected chi connectivity index (χ4v) is 4.01. The van der Waals surface area contributed by atoms with Crippen molar-refractivity contribution < 1.29 is 4.21 Å². The zero-order valence-electron chi connectivity index (χ0n) is 15.4. The molecule has 1 aliphatic rings. The highest BCUT2D eigenvalue weighted by Gasteiger charge is 2.18. The normalized spacial score (nSPS) is 21.9. The minimum Gasteiger partial charge on any atom is -0.357 e. The van der Waals surface area contributed by atoms with Gasteiger partial charge in [0.2, 0.25) is 0 Å². The highest BCUT2D eigenvalue weighted by Crippen LogP contribution is 2.23. The number of hydrogen-bond acceptors (Lipinski definition) is 2. The van der Waals surface area contributed by atoms with Crippen LogP contribution in [-0.2, 0) is 16.6 Å². The van der Waals surface area contributed by atoms with E-state index in [0.717, 1.165) is 24.0 Å². The number of nitrogens with zero attached hydrogens (tertiary/aromatic N) is 1. The Morgan fingerprint density at radius 3 is 2.52 bits per heavy atom. The van der Waals surface area contributed by atoms with E-state index in [1.54, 1.807) is 0 Å². The number of guanidine groups is 1. The summed E-state index contributed by atoms with van der Waals surface area (Å²) in [6.45, 7) is 5.85. The number of benzene rings is 1. The van der Waals surface area contributed by atoms with Gasteiger partial charge in [0.25, 0.3) is 0 Å². The molecule has 6 heteroatoms. The molecule has 1 saturated carbocycles. The molecule has 142 valence electrons. The molecule has 1 aromatic rings. The molecular weight excluding hydrogens is 445 g/mol. The fraction of sp³-hybridized carbons (Fsp3) is 0.632. The molecule has 0 amide bonds. The molecule has 2 N–H and O–H groups in total. The molecule has 25 heavy (non-hydrogen) atoms. The summed E-state index contributed by atoms with van der Waals surface area (Å²) < 4.78 is 12.2. The molecule has 0 aromatic heterocycles. The van der Waals surface area contributed by atoms with E-state index in [1.807, 2.05) is 30.3 Å². The first-order chi connectivity index (χ1) is 11.7. The Bertz CT molecular complexity index is 531. The van der Waals surface area contributed by atoms with Crippen molar-refractivity contribution in [1.82, 2.24) is 10.6 Å². The average molecular weight is 477 g/mol. The number of halogens is 1. The van der Waals surface area contributed by atoms with Gasteiger partial charge in [0.05, 0.1) is 6.54 Å². The van der Waals surface area contributed by atoms with Crippen molar-refractivity contribution in [3.8, 4) is 0 Å². The highest BCUT2D eigenvalue weighted by molar-refractivity contribution is 14.0. The Morgan fingerprint density at radius 1 is 1.20 bits per heavy atom. The monoisotopic (exact) mass is 477 g/mol. The molecule has 1 fully saturated rings. The maximum atomic E-state index is 12.2. The third-order valence-corrected chi connectivity index (χ3v) is 5.75. The molecule has 0 bridgehead atoms. The van der Waals surface area contributed by atoms with Gasteiger partial charge in [0.15, 0.2) is 5.96 Å². The van der Waals surface area contributed by atoms with E-state index in [0.29, 0.717) is 24.1 Å². The van der Waals surface area contributed by atoms with Gasteiger partial charge in [-0.15, -0.1) is 24.0 Å². The Kier molecular flexibility index (Phi) is 11.4.